The van der Waals surface area contributed by atoms with Crippen molar-refractivity contribution in [1.29, 1.82) is 5.41 Å². The van der Waals surface area contributed by atoms with Gasteiger partial charge in [-0.05, 0) is 31.1 Å². The standard InChI is InChI=1S/C22H26N6O3/c1-24-16(9-10-23)14-5-4-6-17(20(14)31-3)27-18-11-19(28-21(29)13-7-8-13)26-12-15(18)22(30)25-2/h4-6,9-13,23-24H,7-8H2,1-3H3,(H,25,30)(H2,26,27,28,29)/b16-9-,23-10?. The Morgan fingerprint density at radius 1 is 1.16 bits per heavy atom. The second kappa shape index (κ2) is 9.75. The first-order valence-electron chi connectivity index (χ1n) is 9.88. The molecule has 9 heteroatoms. The maximum absolute atomic E-state index is 12.4. The zero-order valence-corrected chi connectivity index (χ0v) is 17.7. The zero-order valence-electron chi connectivity index (χ0n) is 17.7. The molecule has 1 heterocycles. The van der Waals surface area contributed by atoms with Crippen LogP contribution in [0.4, 0.5) is 17.2 Å². The van der Waals surface area contributed by atoms with Crippen LogP contribution in [0.15, 0.2) is 36.5 Å². The summed E-state index contributed by atoms with van der Waals surface area (Å²) in [4.78, 5) is 28.7. The van der Waals surface area contributed by atoms with Gasteiger partial charge in [0.2, 0.25) is 5.91 Å². The third-order valence-corrected chi connectivity index (χ3v) is 4.87. The van der Waals surface area contributed by atoms with Gasteiger partial charge in [-0.25, -0.2) is 4.98 Å². The highest BCUT2D eigenvalue weighted by molar-refractivity contribution is 6.01. The van der Waals surface area contributed by atoms with E-state index in [0.29, 0.717) is 34.2 Å². The lowest BCUT2D eigenvalue weighted by Gasteiger charge is -2.18. The molecule has 162 valence electrons. The first-order chi connectivity index (χ1) is 15.0. The van der Waals surface area contributed by atoms with Gasteiger partial charge in [-0.3, -0.25) is 9.59 Å². The summed E-state index contributed by atoms with van der Waals surface area (Å²) in [5.41, 5.74) is 2.86. The molecule has 0 saturated heterocycles. The molecule has 2 aromatic rings. The van der Waals surface area contributed by atoms with E-state index in [1.165, 1.54) is 19.5 Å². The molecule has 0 unspecified atom stereocenters. The van der Waals surface area contributed by atoms with E-state index in [0.717, 1.165) is 18.4 Å². The molecule has 1 aromatic carbocycles. The fourth-order valence-corrected chi connectivity index (χ4v) is 3.12. The van der Waals surface area contributed by atoms with Crippen molar-refractivity contribution < 1.29 is 14.3 Å². The van der Waals surface area contributed by atoms with Crippen molar-refractivity contribution in [3.63, 3.8) is 0 Å². The number of nitrogens with one attached hydrogen (secondary N) is 5. The molecule has 1 fully saturated rings. The average Bonchev–Trinajstić information content (AvgIpc) is 3.62. The Balaban J connectivity index is 2.01. The molecule has 1 saturated carbocycles. The molecule has 2 amide bonds. The number of anilines is 3. The number of amides is 2. The van der Waals surface area contributed by atoms with Crippen LogP contribution in [-0.4, -0.2) is 44.2 Å². The van der Waals surface area contributed by atoms with Crippen LogP contribution in [0.5, 0.6) is 5.75 Å². The Morgan fingerprint density at radius 3 is 2.55 bits per heavy atom. The van der Waals surface area contributed by atoms with Crippen LogP contribution >= 0.6 is 0 Å². The van der Waals surface area contributed by atoms with Gasteiger partial charge in [-0.15, -0.1) is 0 Å². The highest BCUT2D eigenvalue weighted by Crippen LogP contribution is 2.36. The molecular formula is C22H26N6O3. The van der Waals surface area contributed by atoms with Gasteiger partial charge in [0.05, 0.1) is 24.0 Å². The SMILES string of the molecule is CNC(=O)c1cnc(NC(=O)C2CC2)cc1Nc1cccc(/C(=C/C=N)NC)c1OC. The number of aromatic nitrogens is 1. The Hall–Kier alpha value is -3.88. The summed E-state index contributed by atoms with van der Waals surface area (Å²) in [6.45, 7) is 0. The molecule has 0 radical (unpaired) electrons. The van der Waals surface area contributed by atoms with E-state index in [1.807, 2.05) is 18.2 Å². The van der Waals surface area contributed by atoms with Gasteiger partial charge >= 0.3 is 0 Å². The highest BCUT2D eigenvalue weighted by Gasteiger charge is 2.30. The van der Waals surface area contributed by atoms with Gasteiger partial charge in [-0.2, -0.15) is 0 Å². The summed E-state index contributed by atoms with van der Waals surface area (Å²) < 4.78 is 5.63. The molecule has 0 aliphatic heterocycles. The number of hydrogen-bond acceptors (Lipinski definition) is 7. The van der Waals surface area contributed by atoms with E-state index in [1.54, 1.807) is 26.3 Å². The van der Waals surface area contributed by atoms with Crippen LogP contribution in [0.3, 0.4) is 0 Å². The van der Waals surface area contributed by atoms with E-state index in [9.17, 15) is 9.59 Å². The Labute approximate surface area is 180 Å². The van der Waals surface area contributed by atoms with Crippen molar-refractivity contribution in [3.8, 4) is 5.75 Å². The topological polar surface area (TPSA) is 128 Å². The van der Waals surface area contributed by atoms with Crippen LogP contribution < -0.4 is 26.0 Å². The second-order valence-electron chi connectivity index (χ2n) is 6.97. The Kier molecular flexibility index (Phi) is 6.86. The van der Waals surface area contributed by atoms with Crippen molar-refractivity contribution in [2.45, 2.75) is 12.8 Å². The number of hydrogen-bond donors (Lipinski definition) is 5. The number of ether oxygens (including phenoxy) is 1. The quantitative estimate of drug-likeness (QED) is 0.395. The maximum Gasteiger partial charge on any atom is 0.254 e. The lowest BCUT2D eigenvalue weighted by molar-refractivity contribution is -0.117. The molecular weight excluding hydrogens is 396 g/mol. The number of benzene rings is 1. The van der Waals surface area contributed by atoms with E-state index in [2.05, 4.69) is 26.3 Å². The molecule has 3 rings (SSSR count). The van der Waals surface area contributed by atoms with Gasteiger partial charge in [-0.1, -0.05) is 6.07 Å². The number of pyridine rings is 1. The summed E-state index contributed by atoms with van der Waals surface area (Å²) in [6.07, 6.45) is 6.00. The average molecular weight is 422 g/mol. The predicted molar refractivity (Wildman–Crippen MR) is 121 cm³/mol. The van der Waals surface area contributed by atoms with Gasteiger partial charge in [0, 0.05) is 49.8 Å². The smallest absolute Gasteiger partial charge is 0.254 e. The van der Waals surface area contributed by atoms with E-state index in [4.69, 9.17) is 10.1 Å². The van der Waals surface area contributed by atoms with E-state index < -0.39 is 0 Å². The van der Waals surface area contributed by atoms with Crippen molar-refractivity contribution in [3.05, 3.63) is 47.7 Å². The van der Waals surface area contributed by atoms with Crippen LogP contribution in [0.1, 0.15) is 28.8 Å². The first kappa shape index (κ1) is 21.8. The third kappa shape index (κ3) is 5.00. The van der Waals surface area contributed by atoms with Gasteiger partial charge in [0.15, 0.2) is 5.75 Å². The van der Waals surface area contributed by atoms with E-state index in [-0.39, 0.29) is 17.7 Å². The maximum atomic E-state index is 12.4. The van der Waals surface area contributed by atoms with Crippen LogP contribution in [0, 0.1) is 11.3 Å². The minimum absolute atomic E-state index is 0.0363. The highest BCUT2D eigenvalue weighted by atomic mass is 16.5. The third-order valence-electron chi connectivity index (χ3n) is 4.87. The molecule has 5 N–H and O–H groups in total. The fraction of sp³-hybridized carbons (Fsp3) is 0.273. The Bertz CT molecular complexity index is 1030. The van der Waals surface area contributed by atoms with Gasteiger partial charge < -0.3 is 31.4 Å². The number of carbonyl (C=O) groups is 2. The number of nitrogens with zero attached hydrogens (tertiary/aromatic N) is 1. The van der Waals surface area contributed by atoms with Crippen LogP contribution in [0.2, 0.25) is 0 Å². The molecule has 0 bridgehead atoms. The molecule has 0 spiro atoms. The van der Waals surface area contributed by atoms with Crippen LogP contribution in [-0.2, 0) is 4.79 Å². The van der Waals surface area contributed by atoms with Crippen molar-refractivity contribution in [2.24, 2.45) is 5.92 Å². The summed E-state index contributed by atoms with van der Waals surface area (Å²) >= 11 is 0. The minimum atomic E-state index is -0.315. The summed E-state index contributed by atoms with van der Waals surface area (Å²) in [5.74, 6) is 0.551. The monoisotopic (exact) mass is 422 g/mol. The largest absolute Gasteiger partial charge is 0.494 e. The Morgan fingerprint density at radius 2 is 1.94 bits per heavy atom. The number of rotatable bonds is 9. The van der Waals surface area contributed by atoms with Crippen molar-refractivity contribution >= 4 is 40.9 Å². The first-order valence-corrected chi connectivity index (χ1v) is 9.88. The van der Waals surface area contributed by atoms with Gasteiger partial charge in [0.25, 0.3) is 5.91 Å². The van der Waals surface area contributed by atoms with Crippen molar-refractivity contribution in [2.75, 3.05) is 31.8 Å². The summed E-state index contributed by atoms with van der Waals surface area (Å²) in [5, 5.41) is 19.1. The summed E-state index contributed by atoms with van der Waals surface area (Å²) in [6, 6.07) is 7.15. The predicted octanol–water partition coefficient (Wildman–Crippen LogP) is 2.75. The zero-order chi connectivity index (χ0) is 22.4. The number of para-hydroxylation sites is 1. The second-order valence-corrected chi connectivity index (χ2v) is 6.97. The molecule has 31 heavy (non-hydrogen) atoms. The molecule has 1 aliphatic carbocycles. The summed E-state index contributed by atoms with van der Waals surface area (Å²) in [7, 11) is 4.85. The fourth-order valence-electron chi connectivity index (χ4n) is 3.12. The molecule has 1 aliphatic rings. The normalized spacial score (nSPS) is 13.2. The molecule has 9 nitrogen and oxygen atoms in total. The van der Waals surface area contributed by atoms with Crippen LogP contribution in [0.25, 0.3) is 5.70 Å². The molecule has 0 atom stereocenters. The van der Waals surface area contributed by atoms with E-state index >= 15 is 0 Å². The number of methoxy groups -OCH3 is 1. The number of carbonyl (C=O) groups excluding carboxylic acids is 2. The molecule has 1 aromatic heterocycles. The lowest BCUT2D eigenvalue weighted by atomic mass is 10.1. The number of allylic oxidation sites excluding steroid dienone is 1. The van der Waals surface area contributed by atoms with Gasteiger partial charge in [0.1, 0.15) is 5.82 Å². The lowest BCUT2D eigenvalue weighted by Crippen LogP contribution is -2.20. The van der Waals surface area contributed by atoms with Crippen molar-refractivity contribution in [1.82, 2.24) is 15.6 Å². The minimum Gasteiger partial charge on any atom is -0.494 e.